The maximum absolute atomic E-state index is 12.5. The quantitative estimate of drug-likeness (QED) is 0.825. The lowest BCUT2D eigenvalue weighted by atomic mass is 9.86. The first-order valence-corrected chi connectivity index (χ1v) is 7.30. The lowest BCUT2D eigenvalue weighted by Gasteiger charge is -2.24. The van der Waals surface area contributed by atoms with Crippen LogP contribution in [-0.2, 0) is 5.41 Å². The van der Waals surface area contributed by atoms with Gasteiger partial charge in [0.05, 0.1) is 0 Å². The van der Waals surface area contributed by atoms with Gasteiger partial charge in [-0.25, -0.2) is 0 Å². The molecule has 0 heterocycles. The van der Waals surface area contributed by atoms with E-state index < -0.39 is 0 Å². The topological polar surface area (TPSA) is 23.6 Å². The molecule has 0 radical (unpaired) electrons. The molecule has 0 bridgehead atoms. The predicted octanol–water partition coefficient (Wildman–Crippen LogP) is 3.01. The highest BCUT2D eigenvalue weighted by Crippen LogP contribution is 2.22. The highest BCUT2D eigenvalue weighted by Gasteiger charge is 2.17. The summed E-state index contributed by atoms with van der Waals surface area (Å²) >= 11 is 0. The van der Waals surface area contributed by atoms with Gasteiger partial charge < -0.3 is 9.80 Å². The van der Waals surface area contributed by atoms with Crippen molar-refractivity contribution in [2.24, 2.45) is 0 Å². The second-order valence-corrected chi connectivity index (χ2v) is 6.52. The van der Waals surface area contributed by atoms with E-state index in [1.165, 1.54) is 5.56 Å². The molecular formula is C17H28N2O. The third-order valence-corrected chi connectivity index (χ3v) is 3.48. The van der Waals surface area contributed by atoms with Gasteiger partial charge in [0.2, 0.25) is 0 Å². The first-order chi connectivity index (χ1) is 9.25. The smallest absolute Gasteiger partial charge is 0.253 e. The molecule has 0 aliphatic heterocycles. The Morgan fingerprint density at radius 1 is 1.05 bits per heavy atom. The molecule has 0 aliphatic carbocycles. The zero-order valence-electron chi connectivity index (χ0n) is 13.7. The van der Waals surface area contributed by atoms with Crippen LogP contribution in [0.15, 0.2) is 24.3 Å². The van der Waals surface area contributed by atoms with Crippen LogP contribution in [0.4, 0.5) is 0 Å². The summed E-state index contributed by atoms with van der Waals surface area (Å²) in [6.45, 7) is 11.0. The first-order valence-electron chi connectivity index (χ1n) is 7.30. The molecule has 1 amide bonds. The number of carbonyl (C=O) groups is 1. The Bertz CT molecular complexity index is 429. The average molecular weight is 276 g/mol. The van der Waals surface area contributed by atoms with Gasteiger partial charge in [0.25, 0.3) is 5.91 Å². The summed E-state index contributed by atoms with van der Waals surface area (Å²) < 4.78 is 0. The molecule has 20 heavy (non-hydrogen) atoms. The van der Waals surface area contributed by atoms with Gasteiger partial charge in [-0.15, -0.1) is 0 Å². The number of likely N-dealkylation sites (N-methyl/N-ethyl adjacent to an activating group) is 2. The third kappa shape index (κ3) is 4.64. The Kier molecular flexibility index (Phi) is 5.75. The molecule has 0 saturated carbocycles. The Morgan fingerprint density at radius 2 is 1.60 bits per heavy atom. The maximum atomic E-state index is 12.5. The van der Waals surface area contributed by atoms with E-state index in [-0.39, 0.29) is 11.3 Å². The summed E-state index contributed by atoms with van der Waals surface area (Å²) in [5.41, 5.74) is 2.15. The molecule has 1 aromatic carbocycles. The van der Waals surface area contributed by atoms with Gasteiger partial charge in [0.1, 0.15) is 0 Å². The van der Waals surface area contributed by atoms with Gasteiger partial charge in [-0.2, -0.15) is 0 Å². The number of rotatable bonds is 5. The van der Waals surface area contributed by atoms with Crippen molar-refractivity contribution in [3.05, 3.63) is 35.4 Å². The van der Waals surface area contributed by atoms with Crippen molar-refractivity contribution in [3.8, 4) is 0 Å². The highest BCUT2D eigenvalue weighted by atomic mass is 16.2. The fraction of sp³-hybridized carbons (Fsp3) is 0.588. The fourth-order valence-corrected chi connectivity index (χ4v) is 2.02. The maximum Gasteiger partial charge on any atom is 0.253 e. The minimum Gasteiger partial charge on any atom is -0.338 e. The normalized spacial score (nSPS) is 11.8. The van der Waals surface area contributed by atoms with Crippen molar-refractivity contribution in [3.63, 3.8) is 0 Å². The number of amides is 1. The number of nitrogens with zero attached hydrogens (tertiary/aromatic N) is 2. The van der Waals surface area contributed by atoms with E-state index in [9.17, 15) is 4.79 Å². The van der Waals surface area contributed by atoms with E-state index in [0.717, 1.165) is 25.2 Å². The Hall–Kier alpha value is -1.35. The lowest BCUT2D eigenvalue weighted by molar-refractivity contribution is 0.0754. The van der Waals surface area contributed by atoms with Gasteiger partial charge in [-0.3, -0.25) is 4.79 Å². The van der Waals surface area contributed by atoms with Gasteiger partial charge >= 0.3 is 0 Å². The second-order valence-electron chi connectivity index (χ2n) is 6.52. The summed E-state index contributed by atoms with van der Waals surface area (Å²) in [4.78, 5) is 16.4. The van der Waals surface area contributed by atoms with Gasteiger partial charge in [0, 0.05) is 25.2 Å². The van der Waals surface area contributed by atoms with Crippen LogP contribution in [0, 0.1) is 0 Å². The number of hydrogen-bond donors (Lipinski definition) is 0. The van der Waals surface area contributed by atoms with Crippen molar-refractivity contribution >= 4 is 5.91 Å². The van der Waals surface area contributed by atoms with Crippen molar-refractivity contribution in [2.75, 3.05) is 33.7 Å². The molecule has 0 aliphatic rings. The molecule has 3 nitrogen and oxygen atoms in total. The molecule has 0 N–H and O–H groups in total. The molecule has 0 atom stereocenters. The monoisotopic (exact) mass is 276 g/mol. The Labute approximate surface area is 123 Å². The van der Waals surface area contributed by atoms with Crippen molar-refractivity contribution in [1.29, 1.82) is 0 Å². The van der Waals surface area contributed by atoms with Gasteiger partial charge in [0.15, 0.2) is 0 Å². The Morgan fingerprint density at radius 3 is 2.00 bits per heavy atom. The fourth-order valence-electron chi connectivity index (χ4n) is 2.02. The van der Waals surface area contributed by atoms with Crippen molar-refractivity contribution in [2.45, 2.75) is 33.1 Å². The van der Waals surface area contributed by atoms with Crippen LogP contribution in [-0.4, -0.2) is 49.4 Å². The molecule has 0 fully saturated rings. The lowest BCUT2D eigenvalue weighted by Crippen LogP contribution is -2.36. The van der Waals surface area contributed by atoms with E-state index in [1.54, 1.807) is 0 Å². The summed E-state index contributed by atoms with van der Waals surface area (Å²) in [7, 11) is 4.05. The predicted molar refractivity (Wildman–Crippen MR) is 85.3 cm³/mol. The summed E-state index contributed by atoms with van der Waals surface area (Å²) in [6.07, 6.45) is 0. The number of hydrogen-bond acceptors (Lipinski definition) is 2. The van der Waals surface area contributed by atoms with Gasteiger partial charge in [-0.1, -0.05) is 32.9 Å². The minimum atomic E-state index is 0.120. The summed E-state index contributed by atoms with van der Waals surface area (Å²) in [5, 5.41) is 0. The van der Waals surface area contributed by atoms with Crippen LogP contribution in [0.2, 0.25) is 0 Å². The van der Waals surface area contributed by atoms with Gasteiger partial charge in [-0.05, 0) is 44.1 Å². The summed E-state index contributed by atoms with van der Waals surface area (Å²) in [6, 6.07) is 8.02. The molecule has 112 valence electrons. The van der Waals surface area contributed by atoms with Crippen LogP contribution < -0.4 is 0 Å². The largest absolute Gasteiger partial charge is 0.338 e. The third-order valence-electron chi connectivity index (χ3n) is 3.48. The molecule has 1 rings (SSSR count). The number of benzene rings is 1. The number of carbonyl (C=O) groups excluding carboxylic acids is 1. The van der Waals surface area contributed by atoms with Crippen molar-refractivity contribution < 1.29 is 4.79 Å². The van der Waals surface area contributed by atoms with E-state index in [4.69, 9.17) is 0 Å². The van der Waals surface area contributed by atoms with Crippen LogP contribution in [0.1, 0.15) is 43.6 Å². The standard InChI is InChI=1S/C17H28N2O/c1-7-19(13-12-18(5)6)16(20)14-8-10-15(11-9-14)17(2,3)4/h8-11H,7,12-13H2,1-6H3. The molecule has 0 saturated heterocycles. The van der Waals surface area contributed by atoms with E-state index in [1.807, 2.05) is 38.1 Å². The van der Waals surface area contributed by atoms with Crippen LogP contribution in [0.5, 0.6) is 0 Å². The average Bonchev–Trinajstić information content (AvgIpc) is 2.38. The molecule has 1 aromatic rings. The zero-order valence-corrected chi connectivity index (χ0v) is 13.7. The highest BCUT2D eigenvalue weighted by molar-refractivity contribution is 5.94. The molecule has 3 heteroatoms. The molecular weight excluding hydrogens is 248 g/mol. The van der Waals surface area contributed by atoms with Crippen molar-refractivity contribution in [1.82, 2.24) is 9.80 Å². The SMILES string of the molecule is CCN(CCN(C)C)C(=O)c1ccc(C(C)(C)C)cc1. The molecule has 0 spiro atoms. The second kappa shape index (κ2) is 6.89. The van der Waals surface area contributed by atoms with E-state index in [2.05, 4.69) is 37.8 Å². The molecule has 0 unspecified atom stereocenters. The van der Waals surface area contributed by atoms with E-state index in [0.29, 0.717) is 0 Å². The first kappa shape index (κ1) is 16.7. The van der Waals surface area contributed by atoms with Crippen LogP contribution in [0.3, 0.4) is 0 Å². The molecule has 0 aromatic heterocycles. The van der Waals surface area contributed by atoms with Crippen LogP contribution >= 0.6 is 0 Å². The van der Waals surface area contributed by atoms with E-state index >= 15 is 0 Å². The minimum absolute atomic E-state index is 0.120. The summed E-state index contributed by atoms with van der Waals surface area (Å²) in [5.74, 6) is 0.120. The zero-order chi connectivity index (χ0) is 15.3. The van der Waals surface area contributed by atoms with Crippen LogP contribution in [0.25, 0.3) is 0 Å². The Balaban J connectivity index is 2.80.